The molecule has 0 saturated carbocycles. The maximum Gasteiger partial charge on any atom is 0.271 e. The van der Waals surface area contributed by atoms with Crippen molar-refractivity contribution < 1.29 is 9.59 Å². The van der Waals surface area contributed by atoms with Crippen LogP contribution in [0.2, 0.25) is 5.02 Å². The molecule has 0 saturated heterocycles. The molecule has 2 amide bonds. The molecule has 1 atom stereocenters. The Morgan fingerprint density at radius 3 is 2.74 bits per heavy atom. The van der Waals surface area contributed by atoms with E-state index in [0.717, 1.165) is 12.8 Å². The monoisotopic (exact) mass is 278 g/mol. The lowest BCUT2D eigenvalue weighted by Gasteiger charge is -2.10. The number of amides is 2. The fourth-order valence-electron chi connectivity index (χ4n) is 1.99. The summed E-state index contributed by atoms with van der Waals surface area (Å²) >= 11 is 5.89. The van der Waals surface area contributed by atoms with Crippen molar-refractivity contribution in [2.24, 2.45) is 5.92 Å². The van der Waals surface area contributed by atoms with Crippen molar-refractivity contribution in [3.05, 3.63) is 47.0 Å². The van der Waals surface area contributed by atoms with Gasteiger partial charge >= 0.3 is 0 Å². The average Bonchev–Trinajstić information content (AvgIpc) is 2.89. The molecule has 1 aliphatic rings. The molecule has 100 valence electrons. The number of hydrogen-bond acceptors (Lipinski definition) is 2. The molecule has 0 radical (unpaired) electrons. The molecular weight excluding hydrogens is 264 g/mol. The Labute approximate surface area is 116 Å². The minimum Gasteiger partial charge on any atom is -0.273 e. The molecule has 0 spiro atoms. The fraction of sp³-hybridized carbons (Fsp3) is 0.286. The van der Waals surface area contributed by atoms with Crippen LogP contribution in [-0.4, -0.2) is 11.8 Å². The molecule has 5 heteroatoms. The van der Waals surface area contributed by atoms with Crippen LogP contribution in [0.3, 0.4) is 0 Å². The first-order valence-corrected chi connectivity index (χ1v) is 6.55. The predicted molar refractivity (Wildman–Crippen MR) is 73.5 cm³/mol. The topological polar surface area (TPSA) is 58.2 Å². The second-order valence-corrected chi connectivity index (χ2v) is 4.86. The Bertz CT molecular complexity index is 514. The van der Waals surface area contributed by atoms with E-state index in [4.69, 9.17) is 11.6 Å². The van der Waals surface area contributed by atoms with Crippen LogP contribution < -0.4 is 10.9 Å². The maximum atomic E-state index is 11.8. The number of benzene rings is 1. The van der Waals surface area contributed by atoms with Crippen LogP contribution in [0.1, 0.15) is 29.6 Å². The summed E-state index contributed by atoms with van der Waals surface area (Å²) in [4.78, 5) is 23.4. The molecule has 0 bridgehead atoms. The highest BCUT2D eigenvalue weighted by Gasteiger charge is 2.15. The molecule has 19 heavy (non-hydrogen) atoms. The Morgan fingerprint density at radius 1 is 1.26 bits per heavy atom. The highest BCUT2D eigenvalue weighted by molar-refractivity contribution is 6.33. The third-order valence-corrected chi connectivity index (χ3v) is 3.32. The SMILES string of the molecule is O=C(CC1C=CCC1)NNC(=O)c1ccccc1Cl. The Kier molecular flexibility index (Phi) is 4.58. The third-order valence-electron chi connectivity index (χ3n) is 2.99. The van der Waals surface area contributed by atoms with Crippen LogP contribution >= 0.6 is 11.6 Å². The van der Waals surface area contributed by atoms with Crippen LogP contribution in [0.15, 0.2) is 36.4 Å². The molecule has 0 aromatic heterocycles. The van der Waals surface area contributed by atoms with Gasteiger partial charge in [0.2, 0.25) is 5.91 Å². The lowest BCUT2D eigenvalue weighted by atomic mass is 10.1. The van der Waals surface area contributed by atoms with Crippen LogP contribution in [0.25, 0.3) is 0 Å². The second-order valence-electron chi connectivity index (χ2n) is 4.45. The molecule has 0 fully saturated rings. The van der Waals surface area contributed by atoms with Crippen LogP contribution in [0.5, 0.6) is 0 Å². The standard InChI is InChI=1S/C14H15ClN2O2/c15-12-8-4-3-7-11(12)14(19)17-16-13(18)9-10-5-1-2-6-10/h1,3-5,7-8,10H,2,6,9H2,(H,16,18)(H,17,19). The summed E-state index contributed by atoms with van der Waals surface area (Å²) < 4.78 is 0. The summed E-state index contributed by atoms with van der Waals surface area (Å²) in [6.45, 7) is 0. The number of carbonyl (C=O) groups is 2. The molecular formula is C14H15ClN2O2. The zero-order valence-electron chi connectivity index (χ0n) is 10.4. The minimum atomic E-state index is -0.416. The summed E-state index contributed by atoms with van der Waals surface area (Å²) in [5.74, 6) is -0.338. The van der Waals surface area contributed by atoms with E-state index in [-0.39, 0.29) is 11.8 Å². The van der Waals surface area contributed by atoms with E-state index < -0.39 is 5.91 Å². The van der Waals surface area contributed by atoms with Crippen LogP contribution in [0.4, 0.5) is 0 Å². The zero-order chi connectivity index (χ0) is 13.7. The number of hydrogen-bond donors (Lipinski definition) is 2. The van der Waals surface area contributed by atoms with E-state index in [9.17, 15) is 9.59 Å². The quantitative estimate of drug-likeness (QED) is 0.659. The first-order chi connectivity index (χ1) is 9.16. The maximum absolute atomic E-state index is 11.8. The van der Waals surface area contributed by atoms with Gasteiger partial charge in [-0.25, -0.2) is 0 Å². The van der Waals surface area contributed by atoms with Gasteiger partial charge < -0.3 is 0 Å². The first-order valence-electron chi connectivity index (χ1n) is 6.17. The van der Waals surface area contributed by atoms with Crippen molar-refractivity contribution in [2.75, 3.05) is 0 Å². The Balaban J connectivity index is 1.81. The van der Waals surface area contributed by atoms with E-state index in [0.29, 0.717) is 17.0 Å². The van der Waals surface area contributed by atoms with Gasteiger partial charge in [-0.1, -0.05) is 35.9 Å². The van der Waals surface area contributed by atoms with Crippen molar-refractivity contribution >= 4 is 23.4 Å². The smallest absolute Gasteiger partial charge is 0.271 e. The summed E-state index contributed by atoms with van der Waals surface area (Å²) in [6.07, 6.45) is 6.50. The molecule has 0 heterocycles. The molecule has 1 aromatic rings. The number of hydrazine groups is 1. The molecule has 1 aliphatic carbocycles. The van der Waals surface area contributed by atoms with Crippen molar-refractivity contribution in [1.82, 2.24) is 10.9 Å². The predicted octanol–water partition coefficient (Wildman–Crippen LogP) is 2.46. The summed E-state index contributed by atoms with van der Waals surface area (Å²) in [5, 5.41) is 0.355. The molecule has 4 nitrogen and oxygen atoms in total. The first kappa shape index (κ1) is 13.6. The van der Waals surface area contributed by atoms with E-state index >= 15 is 0 Å². The Hall–Kier alpha value is -1.81. The van der Waals surface area contributed by atoms with Gasteiger partial charge in [0.1, 0.15) is 0 Å². The van der Waals surface area contributed by atoms with E-state index in [2.05, 4.69) is 16.9 Å². The van der Waals surface area contributed by atoms with Gasteiger partial charge in [0.25, 0.3) is 5.91 Å². The number of allylic oxidation sites excluding steroid dienone is 2. The molecule has 2 rings (SSSR count). The van der Waals surface area contributed by atoms with Gasteiger partial charge in [-0.15, -0.1) is 0 Å². The average molecular weight is 279 g/mol. The van der Waals surface area contributed by atoms with Gasteiger partial charge in [-0.05, 0) is 30.9 Å². The number of halogens is 1. The molecule has 2 N–H and O–H groups in total. The van der Waals surface area contributed by atoms with Gasteiger partial charge in [0, 0.05) is 6.42 Å². The number of rotatable bonds is 3. The fourth-order valence-corrected chi connectivity index (χ4v) is 2.22. The van der Waals surface area contributed by atoms with E-state index in [1.807, 2.05) is 6.08 Å². The third kappa shape index (κ3) is 3.83. The second kappa shape index (κ2) is 6.38. The van der Waals surface area contributed by atoms with Gasteiger partial charge in [0.05, 0.1) is 10.6 Å². The van der Waals surface area contributed by atoms with Crippen molar-refractivity contribution in [3.63, 3.8) is 0 Å². The van der Waals surface area contributed by atoms with Crippen LogP contribution in [-0.2, 0) is 4.79 Å². The molecule has 1 unspecified atom stereocenters. The minimum absolute atomic E-state index is 0.197. The van der Waals surface area contributed by atoms with Crippen molar-refractivity contribution in [2.45, 2.75) is 19.3 Å². The van der Waals surface area contributed by atoms with Crippen molar-refractivity contribution in [3.8, 4) is 0 Å². The van der Waals surface area contributed by atoms with Gasteiger partial charge in [0.15, 0.2) is 0 Å². The highest BCUT2D eigenvalue weighted by Crippen LogP contribution is 2.19. The van der Waals surface area contributed by atoms with Crippen molar-refractivity contribution in [1.29, 1.82) is 0 Å². The normalized spacial score (nSPS) is 17.2. The Morgan fingerprint density at radius 2 is 2.05 bits per heavy atom. The zero-order valence-corrected chi connectivity index (χ0v) is 11.1. The van der Waals surface area contributed by atoms with Gasteiger partial charge in [-0.3, -0.25) is 20.4 Å². The summed E-state index contributed by atoms with van der Waals surface area (Å²) in [5.41, 5.74) is 5.11. The molecule has 1 aromatic carbocycles. The van der Waals surface area contributed by atoms with Crippen LogP contribution in [0, 0.1) is 5.92 Å². The van der Waals surface area contributed by atoms with E-state index in [1.54, 1.807) is 24.3 Å². The summed E-state index contributed by atoms with van der Waals surface area (Å²) in [7, 11) is 0. The van der Waals surface area contributed by atoms with E-state index in [1.165, 1.54) is 0 Å². The lowest BCUT2D eigenvalue weighted by Crippen LogP contribution is -2.42. The van der Waals surface area contributed by atoms with Gasteiger partial charge in [-0.2, -0.15) is 0 Å². The lowest BCUT2D eigenvalue weighted by molar-refractivity contribution is -0.122. The largest absolute Gasteiger partial charge is 0.273 e. The summed E-state index contributed by atoms with van der Waals surface area (Å²) in [6, 6.07) is 6.68. The number of carbonyl (C=O) groups excluding carboxylic acids is 2. The molecule has 0 aliphatic heterocycles. The highest BCUT2D eigenvalue weighted by atomic mass is 35.5. The number of nitrogens with one attached hydrogen (secondary N) is 2.